The van der Waals surface area contributed by atoms with Gasteiger partial charge in [0.2, 0.25) is 0 Å². The lowest BCUT2D eigenvalue weighted by Crippen LogP contribution is -2.43. The second kappa shape index (κ2) is 10.0. The minimum absolute atomic E-state index is 0.510. The van der Waals surface area contributed by atoms with Gasteiger partial charge in [-0.15, -0.1) is 0 Å². The predicted octanol–water partition coefficient (Wildman–Crippen LogP) is 2.94. The van der Waals surface area contributed by atoms with Crippen LogP contribution in [0.15, 0.2) is 4.99 Å². The van der Waals surface area contributed by atoms with Gasteiger partial charge in [0.15, 0.2) is 5.96 Å². The summed E-state index contributed by atoms with van der Waals surface area (Å²) < 4.78 is 5.05. The number of rotatable bonds is 9. The fourth-order valence-electron chi connectivity index (χ4n) is 3.03. The van der Waals surface area contributed by atoms with Gasteiger partial charge < -0.3 is 15.4 Å². The van der Waals surface area contributed by atoms with Crippen LogP contribution in [0.3, 0.4) is 0 Å². The Morgan fingerprint density at radius 1 is 1.15 bits per heavy atom. The van der Waals surface area contributed by atoms with Crippen LogP contribution in [0.2, 0.25) is 0 Å². The highest BCUT2D eigenvalue weighted by Crippen LogP contribution is 2.40. The zero-order chi connectivity index (χ0) is 14.7. The predicted molar refractivity (Wildman–Crippen MR) is 86.3 cm³/mol. The van der Waals surface area contributed by atoms with Crippen LogP contribution in [0.5, 0.6) is 0 Å². The molecule has 0 amide bonds. The van der Waals surface area contributed by atoms with Crippen LogP contribution in [0.4, 0.5) is 0 Å². The fraction of sp³-hybridized carbons (Fsp3) is 0.938. The summed E-state index contributed by atoms with van der Waals surface area (Å²) in [6.45, 7) is 5.24. The lowest BCUT2D eigenvalue weighted by atomic mass is 9.83. The SMILES string of the molecule is CCC1(CNC(=NC)NCCCCCOC)CCCC1. The molecule has 0 radical (unpaired) electrons. The number of hydrogen-bond acceptors (Lipinski definition) is 2. The van der Waals surface area contributed by atoms with Crippen molar-refractivity contribution < 1.29 is 4.74 Å². The van der Waals surface area contributed by atoms with Gasteiger partial charge in [-0.1, -0.05) is 19.8 Å². The van der Waals surface area contributed by atoms with E-state index in [2.05, 4.69) is 22.5 Å². The number of guanidine groups is 1. The van der Waals surface area contributed by atoms with Crippen LogP contribution in [-0.4, -0.2) is 39.8 Å². The Morgan fingerprint density at radius 3 is 2.50 bits per heavy atom. The van der Waals surface area contributed by atoms with Crippen molar-refractivity contribution in [2.75, 3.05) is 33.9 Å². The molecule has 0 aliphatic heterocycles. The number of hydrogen-bond donors (Lipinski definition) is 2. The summed E-state index contributed by atoms with van der Waals surface area (Å²) in [5, 5.41) is 6.93. The first-order chi connectivity index (χ1) is 9.76. The van der Waals surface area contributed by atoms with Crippen LogP contribution in [-0.2, 0) is 4.74 Å². The van der Waals surface area contributed by atoms with E-state index in [1.165, 1.54) is 44.9 Å². The molecule has 2 N–H and O–H groups in total. The van der Waals surface area contributed by atoms with E-state index in [4.69, 9.17) is 4.74 Å². The minimum atomic E-state index is 0.510. The van der Waals surface area contributed by atoms with Gasteiger partial charge in [0.25, 0.3) is 0 Å². The third-order valence-electron chi connectivity index (χ3n) is 4.59. The third-order valence-corrected chi connectivity index (χ3v) is 4.59. The average molecular weight is 283 g/mol. The maximum atomic E-state index is 5.05. The maximum absolute atomic E-state index is 5.05. The van der Waals surface area contributed by atoms with E-state index >= 15 is 0 Å². The number of unbranched alkanes of at least 4 members (excludes halogenated alkanes) is 2. The largest absolute Gasteiger partial charge is 0.385 e. The van der Waals surface area contributed by atoms with Crippen molar-refractivity contribution in [2.24, 2.45) is 10.4 Å². The molecule has 118 valence electrons. The van der Waals surface area contributed by atoms with Crippen molar-refractivity contribution in [3.63, 3.8) is 0 Å². The van der Waals surface area contributed by atoms with Gasteiger partial charge in [0.05, 0.1) is 0 Å². The molecule has 4 heteroatoms. The van der Waals surface area contributed by atoms with Gasteiger partial charge in [-0.25, -0.2) is 0 Å². The van der Waals surface area contributed by atoms with Crippen molar-refractivity contribution in [1.82, 2.24) is 10.6 Å². The van der Waals surface area contributed by atoms with Crippen molar-refractivity contribution >= 4 is 5.96 Å². The summed E-state index contributed by atoms with van der Waals surface area (Å²) in [6.07, 6.45) is 10.3. The molecule has 0 aromatic rings. The van der Waals surface area contributed by atoms with Gasteiger partial charge in [-0.3, -0.25) is 4.99 Å². The smallest absolute Gasteiger partial charge is 0.190 e. The Labute approximate surface area is 124 Å². The first kappa shape index (κ1) is 17.3. The molecule has 0 unspecified atom stereocenters. The van der Waals surface area contributed by atoms with Crippen LogP contribution in [0.1, 0.15) is 58.3 Å². The van der Waals surface area contributed by atoms with Gasteiger partial charge >= 0.3 is 0 Å². The topological polar surface area (TPSA) is 45.7 Å². The Morgan fingerprint density at radius 2 is 1.90 bits per heavy atom. The summed E-state index contributed by atoms with van der Waals surface area (Å²) >= 11 is 0. The van der Waals surface area contributed by atoms with Crippen molar-refractivity contribution in [1.29, 1.82) is 0 Å². The number of aliphatic imine (C=N–C) groups is 1. The molecule has 1 aliphatic carbocycles. The van der Waals surface area contributed by atoms with E-state index < -0.39 is 0 Å². The molecule has 1 saturated carbocycles. The number of ether oxygens (including phenoxy) is 1. The van der Waals surface area contributed by atoms with Crippen LogP contribution in [0.25, 0.3) is 0 Å². The number of methoxy groups -OCH3 is 1. The van der Waals surface area contributed by atoms with E-state index in [-0.39, 0.29) is 0 Å². The molecule has 1 rings (SSSR count). The second-order valence-electron chi connectivity index (χ2n) is 5.97. The van der Waals surface area contributed by atoms with E-state index in [1.807, 2.05) is 7.05 Å². The molecule has 0 aromatic carbocycles. The Balaban J connectivity index is 2.16. The van der Waals surface area contributed by atoms with Crippen LogP contribution < -0.4 is 10.6 Å². The monoisotopic (exact) mass is 283 g/mol. The van der Waals surface area contributed by atoms with Crippen LogP contribution in [0, 0.1) is 5.41 Å². The summed E-state index contributed by atoms with van der Waals surface area (Å²) in [6, 6.07) is 0. The molecule has 1 fully saturated rings. The van der Waals surface area contributed by atoms with Gasteiger partial charge in [0.1, 0.15) is 0 Å². The molecule has 0 atom stereocenters. The molecular formula is C16H33N3O. The first-order valence-electron chi connectivity index (χ1n) is 8.20. The van der Waals surface area contributed by atoms with Crippen molar-refractivity contribution in [3.8, 4) is 0 Å². The molecule has 0 heterocycles. The minimum Gasteiger partial charge on any atom is -0.385 e. The van der Waals surface area contributed by atoms with E-state index in [0.717, 1.165) is 32.1 Å². The molecule has 0 bridgehead atoms. The number of nitrogens with zero attached hydrogens (tertiary/aromatic N) is 1. The maximum Gasteiger partial charge on any atom is 0.190 e. The summed E-state index contributed by atoms with van der Waals surface area (Å²) in [7, 11) is 3.62. The highest BCUT2D eigenvalue weighted by atomic mass is 16.5. The average Bonchev–Trinajstić information content (AvgIpc) is 2.95. The molecule has 4 nitrogen and oxygen atoms in total. The van der Waals surface area contributed by atoms with Gasteiger partial charge in [0, 0.05) is 33.9 Å². The number of nitrogens with one attached hydrogen (secondary N) is 2. The first-order valence-corrected chi connectivity index (χ1v) is 8.20. The van der Waals surface area contributed by atoms with Crippen LogP contribution >= 0.6 is 0 Å². The zero-order valence-corrected chi connectivity index (χ0v) is 13.6. The summed E-state index contributed by atoms with van der Waals surface area (Å²) in [5.41, 5.74) is 0.510. The Bertz CT molecular complexity index is 273. The molecular weight excluding hydrogens is 250 g/mol. The molecule has 0 saturated heterocycles. The zero-order valence-electron chi connectivity index (χ0n) is 13.6. The van der Waals surface area contributed by atoms with E-state index in [0.29, 0.717) is 5.41 Å². The lowest BCUT2D eigenvalue weighted by Gasteiger charge is -2.28. The van der Waals surface area contributed by atoms with Gasteiger partial charge in [-0.05, 0) is 43.9 Å². The van der Waals surface area contributed by atoms with Crippen molar-refractivity contribution in [2.45, 2.75) is 58.3 Å². The summed E-state index contributed by atoms with van der Waals surface area (Å²) in [5.74, 6) is 0.955. The molecule has 1 aliphatic rings. The molecule has 0 spiro atoms. The quantitative estimate of drug-likeness (QED) is 0.388. The standard InChI is InChI=1S/C16H33N3O/c1-4-16(10-6-7-11-16)14-19-15(17-2)18-12-8-5-9-13-20-3/h4-14H2,1-3H3,(H2,17,18,19). The van der Waals surface area contributed by atoms with E-state index in [1.54, 1.807) is 7.11 Å². The summed E-state index contributed by atoms with van der Waals surface area (Å²) in [4.78, 5) is 4.32. The van der Waals surface area contributed by atoms with Gasteiger partial charge in [-0.2, -0.15) is 0 Å². The fourth-order valence-corrected chi connectivity index (χ4v) is 3.03. The third kappa shape index (κ3) is 6.12. The normalized spacial score (nSPS) is 18.2. The lowest BCUT2D eigenvalue weighted by molar-refractivity contribution is 0.192. The molecule has 20 heavy (non-hydrogen) atoms. The Hall–Kier alpha value is -0.770. The second-order valence-corrected chi connectivity index (χ2v) is 5.97. The van der Waals surface area contributed by atoms with Crippen molar-refractivity contribution in [3.05, 3.63) is 0 Å². The Kier molecular flexibility index (Phi) is 8.67. The van der Waals surface area contributed by atoms with E-state index in [9.17, 15) is 0 Å². The highest BCUT2D eigenvalue weighted by Gasteiger charge is 2.31. The highest BCUT2D eigenvalue weighted by molar-refractivity contribution is 5.79. The molecule has 0 aromatic heterocycles.